The fourth-order valence-corrected chi connectivity index (χ4v) is 16.5. The Hall–Kier alpha value is -3.77. The third kappa shape index (κ3) is 55.8. The molecule has 18 atom stereocenters. The summed E-state index contributed by atoms with van der Waals surface area (Å²) in [5.74, 6) is -8.59. The Kier molecular flexibility index (Phi) is 65.7. The highest BCUT2D eigenvalue weighted by Crippen LogP contribution is 2.44. The normalized spacial score (nSPS) is 21.4. The standard InChI is InChI=1S/C88H164N2O31P2/c1-6-11-16-21-26-31-36-41-46-51-64(92)56-73(98)89-78-84(118-76(101)57-65(93)52-47-42-37-32-27-22-17-12-7-2)82(105)71(116-88(78)121-123(110,111)112)62-114-87-79(90-74(99)59-67(54-49-44-39-34-29-24-19-14-9-4)115-75(100)55-50-45-40-35-30-25-20-15-10-5)85(119-77(102)58-66(94)53-48-43-38-33-28-23-18-13-8-3)83(120-122(107,108)109)72(117-87)63-113-86(106)69(96)60-68(95)80(103)81(104)70(97)61-91/h64-68,70-72,78-85,87-88,91-95,97,103-105H,6-63H2,1-5H3,(H,89,98)(H,90,99)(H2,107,108,109)(H2,110,111,112)/t64-,65-,66-,67-,68-,70-,71-,72-,78-,79-,80-,81-,82-,83-,84-,85-,87-,88-/m1/s1. The summed E-state index contributed by atoms with van der Waals surface area (Å²) in [5.41, 5.74) is 0. The zero-order valence-corrected chi connectivity index (χ0v) is 76.8. The number of ether oxygens (including phenoxy) is 7. The maximum Gasteiger partial charge on any atom is 0.472 e. The Morgan fingerprint density at radius 1 is 0.374 bits per heavy atom. The van der Waals surface area contributed by atoms with Crippen LogP contribution in [0.5, 0.6) is 0 Å². The molecule has 2 amide bonds. The molecule has 0 bridgehead atoms. The van der Waals surface area contributed by atoms with Crippen LogP contribution >= 0.6 is 15.6 Å². The summed E-state index contributed by atoms with van der Waals surface area (Å²) in [6.07, 6.45) is 6.48. The summed E-state index contributed by atoms with van der Waals surface area (Å²) in [4.78, 5) is 142. The molecule has 2 heterocycles. The molecule has 15 N–H and O–H groups in total. The van der Waals surface area contributed by atoms with Gasteiger partial charge >= 0.3 is 39.5 Å². The number of ketones is 1. The molecule has 0 aromatic carbocycles. The fraction of sp³-hybridized carbons (Fsp3) is 0.920. The Bertz CT molecular complexity index is 2860. The molecular formula is C88H164N2O31P2. The summed E-state index contributed by atoms with van der Waals surface area (Å²) >= 11 is 0. The number of hydrogen-bond acceptors (Lipinski definition) is 27. The Morgan fingerprint density at radius 2 is 0.724 bits per heavy atom. The number of amides is 2. The predicted octanol–water partition coefficient (Wildman–Crippen LogP) is 12.3. The van der Waals surface area contributed by atoms with Gasteiger partial charge < -0.3 is 109 Å². The molecule has 0 unspecified atom stereocenters. The highest BCUT2D eigenvalue weighted by atomic mass is 31.2. The minimum atomic E-state index is -5.94. The number of Topliss-reactive ketones (excluding diaryl/α,β-unsaturated/α-hetero) is 1. The molecule has 2 fully saturated rings. The van der Waals surface area contributed by atoms with Crippen molar-refractivity contribution in [2.45, 2.75) is 498 Å². The van der Waals surface area contributed by atoms with Gasteiger partial charge in [-0.05, 0) is 38.5 Å². The van der Waals surface area contributed by atoms with Crippen molar-refractivity contribution in [3.63, 3.8) is 0 Å². The van der Waals surface area contributed by atoms with Gasteiger partial charge in [0.1, 0.15) is 67.5 Å². The zero-order valence-electron chi connectivity index (χ0n) is 75.0. The number of unbranched alkanes of at least 4 members (excludes halogenated alkanes) is 40. The van der Waals surface area contributed by atoms with Gasteiger partial charge in [-0.2, -0.15) is 0 Å². The van der Waals surface area contributed by atoms with E-state index in [-0.39, 0.29) is 32.1 Å². The molecule has 2 saturated heterocycles. The van der Waals surface area contributed by atoms with Crippen LogP contribution in [0.2, 0.25) is 0 Å². The first-order valence-corrected chi connectivity index (χ1v) is 50.2. The summed E-state index contributed by atoms with van der Waals surface area (Å²) in [7, 11) is -11.7. The number of nitrogens with one attached hydrogen (secondary N) is 2. The molecule has 722 valence electrons. The van der Waals surface area contributed by atoms with Crippen molar-refractivity contribution in [3.8, 4) is 0 Å². The van der Waals surface area contributed by atoms with E-state index in [1.807, 2.05) is 0 Å². The zero-order chi connectivity index (χ0) is 91.2. The van der Waals surface area contributed by atoms with E-state index in [9.17, 15) is 103 Å². The first-order chi connectivity index (χ1) is 58.8. The number of carbonyl (C=O) groups is 7. The molecular weight excluding hydrogens is 1640 g/mol. The first kappa shape index (κ1) is 115. The van der Waals surface area contributed by atoms with Gasteiger partial charge in [0, 0.05) is 12.8 Å². The van der Waals surface area contributed by atoms with Gasteiger partial charge in [0.2, 0.25) is 17.6 Å². The molecule has 0 aliphatic carbocycles. The van der Waals surface area contributed by atoms with Crippen molar-refractivity contribution >= 4 is 57.1 Å². The van der Waals surface area contributed by atoms with E-state index in [1.165, 1.54) is 0 Å². The van der Waals surface area contributed by atoms with Crippen LogP contribution in [-0.4, -0.2) is 237 Å². The minimum absolute atomic E-state index is 0.00666. The van der Waals surface area contributed by atoms with Crippen molar-refractivity contribution in [2.24, 2.45) is 0 Å². The highest BCUT2D eigenvalue weighted by molar-refractivity contribution is 7.46. The monoisotopic (exact) mass is 1810 g/mol. The number of phosphoric acid groups is 2. The number of esters is 4. The SMILES string of the molecule is CCCCCCCCCCCC(=O)O[C@H](CCCCCCCCCCC)CC(=O)N[C@H]1[C@H](OC[C@H]2O[C@H](OP(=O)(O)O)[C@H](NC(=O)C[C@H](O)CCCCCCCCCCC)[C@@H](OC(=O)C[C@H](O)CCCCCCCCCCC)[C@@H]2O)O[C@H](COC(=O)C(=O)C[C@@H](O)[C@@H](O)[C@H](O)[C@H](O)CO)[C@@H](OP(=O)(O)O)[C@@H]1OC(=O)C[C@H](O)CCCCCCCCCCC. The molecule has 2 rings (SSSR count). The van der Waals surface area contributed by atoms with Crippen LogP contribution < -0.4 is 10.6 Å². The highest BCUT2D eigenvalue weighted by Gasteiger charge is 2.55. The lowest BCUT2D eigenvalue weighted by Gasteiger charge is -2.47. The van der Waals surface area contributed by atoms with Crippen LogP contribution in [0.15, 0.2) is 0 Å². The third-order valence-electron chi connectivity index (χ3n) is 22.7. The molecule has 0 saturated carbocycles. The largest absolute Gasteiger partial charge is 0.472 e. The molecule has 0 radical (unpaired) electrons. The van der Waals surface area contributed by atoms with Crippen molar-refractivity contribution in [1.82, 2.24) is 10.6 Å². The van der Waals surface area contributed by atoms with E-state index in [1.54, 1.807) is 0 Å². The molecule has 35 heteroatoms. The topological polar surface area (TPSA) is 524 Å². The number of carbonyl (C=O) groups excluding carboxylic acids is 7. The van der Waals surface area contributed by atoms with E-state index in [0.717, 1.165) is 244 Å². The van der Waals surface area contributed by atoms with Gasteiger partial charge in [0.05, 0.1) is 63.3 Å². The number of phosphoric ester groups is 2. The van der Waals surface area contributed by atoms with E-state index in [4.69, 9.17) is 42.2 Å². The molecule has 2 aliphatic heterocycles. The van der Waals surface area contributed by atoms with E-state index in [0.29, 0.717) is 44.9 Å². The van der Waals surface area contributed by atoms with Gasteiger partial charge in [-0.25, -0.2) is 13.9 Å². The van der Waals surface area contributed by atoms with E-state index >= 15 is 4.79 Å². The lowest BCUT2D eigenvalue weighted by Crippen LogP contribution is -2.68. The average molecular weight is 1810 g/mol. The second-order valence-corrected chi connectivity index (χ2v) is 36.5. The van der Waals surface area contributed by atoms with Crippen molar-refractivity contribution in [3.05, 3.63) is 0 Å². The van der Waals surface area contributed by atoms with Crippen LogP contribution in [0.1, 0.15) is 388 Å². The molecule has 123 heavy (non-hydrogen) atoms. The molecule has 33 nitrogen and oxygen atoms in total. The van der Waals surface area contributed by atoms with Crippen molar-refractivity contribution < 1.29 is 150 Å². The molecule has 0 aromatic rings. The van der Waals surface area contributed by atoms with Crippen LogP contribution in [0.25, 0.3) is 0 Å². The number of hydrogen-bond donors (Lipinski definition) is 15. The maximum atomic E-state index is 15.2. The van der Waals surface area contributed by atoms with Gasteiger partial charge in [0.15, 0.2) is 24.8 Å². The smallest absolute Gasteiger partial charge is 0.462 e. The molecule has 2 aliphatic rings. The quantitative estimate of drug-likeness (QED) is 0.00884. The Morgan fingerprint density at radius 3 is 1.13 bits per heavy atom. The Labute approximate surface area is 732 Å². The summed E-state index contributed by atoms with van der Waals surface area (Å²) in [5, 5.41) is 102. The van der Waals surface area contributed by atoms with Crippen LogP contribution in [0, 0.1) is 0 Å². The van der Waals surface area contributed by atoms with Crippen LogP contribution in [0.3, 0.4) is 0 Å². The van der Waals surface area contributed by atoms with Gasteiger partial charge in [0.25, 0.3) is 0 Å². The van der Waals surface area contributed by atoms with E-state index in [2.05, 4.69) is 45.3 Å². The average Bonchev–Trinajstić information content (AvgIpc) is 0.779. The van der Waals surface area contributed by atoms with Gasteiger partial charge in [-0.15, -0.1) is 0 Å². The third-order valence-corrected chi connectivity index (χ3v) is 23.7. The first-order valence-electron chi connectivity index (χ1n) is 47.1. The number of aliphatic hydroxyl groups is 9. The number of rotatable bonds is 79. The second kappa shape index (κ2) is 70.1. The second-order valence-electron chi connectivity index (χ2n) is 34.1. The molecule has 0 spiro atoms. The maximum absolute atomic E-state index is 15.2. The lowest BCUT2D eigenvalue weighted by atomic mass is 9.95. The van der Waals surface area contributed by atoms with Gasteiger partial charge in [-0.3, -0.25) is 37.8 Å². The lowest BCUT2D eigenvalue weighted by molar-refractivity contribution is -0.297. The van der Waals surface area contributed by atoms with Crippen molar-refractivity contribution in [2.75, 3.05) is 19.8 Å². The van der Waals surface area contributed by atoms with Crippen molar-refractivity contribution in [1.29, 1.82) is 0 Å². The minimum Gasteiger partial charge on any atom is -0.462 e. The summed E-state index contributed by atoms with van der Waals surface area (Å²) in [6, 6.07) is -4.18. The Balaban J connectivity index is 2.97. The van der Waals surface area contributed by atoms with E-state index < -0.39 is 219 Å². The van der Waals surface area contributed by atoms with Crippen LogP contribution in [-0.2, 0) is 84.9 Å². The fourth-order valence-electron chi connectivity index (χ4n) is 15.5. The van der Waals surface area contributed by atoms with Gasteiger partial charge in [-0.1, -0.05) is 311 Å². The number of aliphatic hydroxyl groups excluding tert-OH is 9. The summed E-state index contributed by atoms with van der Waals surface area (Å²) < 4.78 is 79.0. The predicted molar refractivity (Wildman–Crippen MR) is 460 cm³/mol. The summed E-state index contributed by atoms with van der Waals surface area (Å²) in [6.45, 7) is 7.01. The molecule has 0 aromatic heterocycles. The van der Waals surface area contributed by atoms with Crippen LogP contribution in [0.4, 0.5) is 0 Å².